The molecule has 21 heavy (non-hydrogen) atoms. The van der Waals surface area contributed by atoms with Crippen LogP contribution >= 0.6 is 0 Å². The average Bonchev–Trinajstić information content (AvgIpc) is 2.57. The molecular formula is C17H32O4. The van der Waals surface area contributed by atoms with Crippen LogP contribution < -0.4 is 0 Å². The van der Waals surface area contributed by atoms with Crippen molar-refractivity contribution in [2.75, 3.05) is 6.61 Å². The van der Waals surface area contributed by atoms with E-state index < -0.39 is 5.79 Å². The van der Waals surface area contributed by atoms with Crippen molar-refractivity contribution in [3.63, 3.8) is 0 Å². The normalized spacial score (nSPS) is 39.9. The van der Waals surface area contributed by atoms with Gasteiger partial charge < -0.3 is 19.3 Å². The van der Waals surface area contributed by atoms with E-state index >= 15 is 0 Å². The van der Waals surface area contributed by atoms with Crippen LogP contribution in [0.25, 0.3) is 0 Å². The summed E-state index contributed by atoms with van der Waals surface area (Å²) in [5, 5.41) is 9.59. The summed E-state index contributed by atoms with van der Waals surface area (Å²) in [6.45, 7) is 12.5. The number of hydrogen-bond donors (Lipinski definition) is 1. The van der Waals surface area contributed by atoms with Crippen LogP contribution in [0.15, 0.2) is 0 Å². The number of ether oxygens (including phenoxy) is 3. The minimum absolute atomic E-state index is 0.0190. The van der Waals surface area contributed by atoms with Crippen molar-refractivity contribution in [3.8, 4) is 0 Å². The summed E-state index contributed by atoms with van der Waals surface area (Å²) < 4.78 is 18.7. The molecule has 0 radical (unpaired) electrons. The van der Waals surface area contributed by atoms with Gasteiger partial charge in [0.2, 0.25) is 0 Å². The van der Waals surface area contributed by atoms with Gasteiger partial charge in [0.15, 0.2) is 5.79 Å². The van der Waals surface area contributed by atoms with Crippen LogP contribution in [0, 0.1) is 5.41 Å². The Kier molecular flexibility index (Phi) is 4.75. The maximum atomic E-state index is 9.59. The molecule has 0 aromatic heterocycles. The molecule has 4 heteroatoms. The standard InChI is InChI=1S/C17H32O4/c1-15(2,3)20-13-9-7-8-12-14(17(13,6)10-11-18)21-16(4,5)19-12/h12-14,18H,7-11H2,1-6H3/t12-,13+,14+,17-/m1/s1. The molecule has 0 aromatic carbocycles. The highest BCUT2D eigenvalue weighted by molar-refractivity contribution is 5.01. The summed E-state index contributed by atoms with van der Waals surface area (Å²) in [6.07, 6.45) is 3.90. The molecule has 0 bridgehead atoms. The van der Waals surface area contributed by atoms with Gasteiger partial charge in [0, 0.05) is 12.0 Å². The lowest BCUT2D eigenvalue weighted by Crippen LogP contribution is -2.49. The van der Waals surface area contributed by atoms with E-state index in [4.69, 9.17) is 14.2 Å². The quantitative estimate of drug-likeness (QED) is 0.869. The van der Waals surface area contributed by atoms with Gasteiger partial charge in [-0.2, -0.15) is 0 Å². The highest BCUT2D eigenvalue weighted by Gasteiger charge is 2.55. The Bertz CT molecular complexity index is 360. The third-order valence-corrected chi connectivity index (χ3v) is 4.67. The molecule has 1 aliphatic heterocycles. The fourth-order valence-corrected chi connectivity index (χ4v) is 3.79. The van der Waals surface area contributed by atoms with E-state index in [2.05, 4.69) is 27.7 Å². The molecule has 1 aliphatic carbocycles. The van der Waals surface area contributed by atoms with Crippen molar-refractivity contribution in [2.45, 2.75) is 96.9 Å². The van der Waals surface area contributed by atoms with Crippen molar-refractivity contribution in [1.29, 1.82) is 0 Å². The molecule has 2 rings (SSSR count). The molecule has 0 amide bonds. The molecule has 1 heterocycles. The fraction of sp³-hybridized carbons (Fsp3) is 1.00. The van der Waals surface area contributed by atoms with Gasteiger partial charge in [-0.3, -0.25) is 0 Å². The van der Waals surface area contributed by atoms with Crippen molar-refractivity contribution in [1.82, 2.24) is 0 Å². The first-order valence-electron chi connectivity index (χ1n) is 8.22. The monoisotopic (exact) mass is 300 g/mol. The summed E-state index contributed by atoms with van der Waals surface area (Å²) >= 11 is 0. The first kappa shape index (κ1) is 17.2. The summed E-state index contributed by atoms with van der Waals surface area (Å²) in [5.41, 5.74) is -0.423. The van der Waals surface area contributed by atoms with Crippen molar-refractivity contribution >= 4 is 0 Å². The Hall–Kier alpha value is -0.160. The van der Waals surface area contributed by atoms with E-state index in [1.54, 1.807) is 0 Å². The fourth-order valence-electron chi connectivity index (χ4n) is 3.79. The molecule has 0 spiro atoms. The number of hydrogen-bond acceptors (Lipinski definition) is 4. The Morgan fingerprint density at radius 2 is 1.81 bits per heavy atom. The van der Waals surface area contributed by atoms with Crippen LogP contribution in [-0.2, 0) is 14.2 Å². The van der Waals surface area contributed by atoms with Crippen molar-refractivity contribution < 1.29 is 19.3 Å². The highest BCUT2D eigenvalue weighted by Crippen LogP contribution is 2.48. The van der Waals surface area contributed by atoms with E-state index in [0.717, 1.165) is 19.3 Å². The van der Waals surface area contributed by atoms with E-state index in [0.29, 0.717) is 6.42 Å². The maximum Gasteiger partial charge on any atom is 0.163 e. The minimum Gasteiger partial charge on any atom is -0.396 e. The number of aliphatic hydroxyl groups is 1. The van der Waals surface area contributed by atoms with Gasteiger partial charge in [-0.15, -0.1) is 0 Å². The van der Waals surface area contributed by atoms with E-state index in [1.165, 1.54) is 0 Å². The molecule has 1 saturated heterocycles. The van der Waals surface area contributed by atoms with Crippen LogP contribution in [0.2, 0.25) is 0 Å². The average molecular weight is 300 g/mol. The first-order chi connectivity index (χ1) is 9.57. The van der Waals surface area contributed by atoms with Crippen LogP contribution in [0.4, 0.5) is 0 Å². The number of aliphatic hydroxyl groups excluding tert-OH is 1. The summed E-state index contributed by atoms with van der Waals surface area (Å²) in [5.74, 6) is -0.546. The van der Waals surface area contributed by atoms with Crippen LogP contribution in [0.1, 0.15) is 67.2 Å². The van der Waals surface area contributed by atoms with Gasteiger partial charge >= 0.3 is 0 Å². The molecule has 4 atom stereocenters. The SMILES string of the molecule is CC(C)(C)O[C@H]1CCC[C@H]2OC(C)(C)O[C@@H]2[C@]1(C)CCO. The second kappa shape index (κ2) is 5.80. The maximum absolute atomic E-state index is 9.59. The first-order valence-corrected chi connectivity index (χ1v) is 8.22. The Morgan fingerprint density at radius 1 is 1.14 bits per heavy atom. The lowest BCUT2D eigenvalue weighted by molar-refractivity contribution is -0.190. The van der Waals surface area contributed by atoms with Gasteiger partial charge in [-0.25, -0.2) is 0 Å². The molecule has 124 valence electrons. The second-order valence-corrected chi connectivity index (χ2v) is 8.22. The van der Waals surface area contributed by atoms with Crippen molar-refractivity contribution in [3.05, 3.63) is 0 Å². The molecule has 1 saturated carbocycles. The van der Waals surface area contributed by atoms with E-state index in [9.17, 15) is 5.11 Å². The molecule has 2 aliphatic rings. The number of fused-ring (bicyclic) bond motifs is 1. The molecule has 0 aromatic rings. The van der Waals surface area contributed by atoms with Gasteiger partial charge in [-0.1, -0.05) is 6.92 Å². The molecule has 4 nitrogen and oxygen atoms in total. The van der Waals surface area contributed by atoms with Crippen LogP contribution in [0.3, 0.4) is 0 Å². The number of rotatable bonds is 3. The van der Waals surface area contributed by atoms with E-state index in [-0.39, 0.29) is 35.9 Å². The zero-order chi connectivity index (χ0) is 15.9. The topological polar surface area (TPSA) is 47.9 Å². The Morgan fingerprint density at radius 3 is 2.38 bits per heavy atom. The smallest absolute Gasteiger partial charge is 0.163 e. The highest BCUT2D eigenvalue weighted by atomic mass is 16.8. The van der Waals surface area contributed by atoms with Gasteiger partial charge in [0.1, 0.15) is 0 Å². The van der Waals surface area contributed by atoms with Crippen LogP contribution in [-0.4, -0.2) is 41.4 Å². The second-order valence-electron chi connectivity index (χ2n) is 8.22. The molecule has 2 fully saturated rings. The summed E-state index contributed by atoms with van der Waals surface area (Å²) in [6, 6.07) is 0. The molecular weight excluding hydrogens is 268 g/mol. The summed E-state index contributed by atoms with van der Waals surface area (Å²) in [7, 11) is 0. The largest absolute Gasteiger partial charge is 0.396 e. The van der Waals surface area contributed by atoms with Crippen LogP contribution in [0.5, 0.6) is 0 Å². The lowest BCUT2D eigenvalue weighted by atomic mass is 9.74. The van der Waals surface area contributed by atoms with Gasteiger partial charge in [0.05, 0.1) is 23.9 Å². The molecule has 0 unspecified atom stereocenters. The minimum atomic E-state index is -0.546. The zero-order valence-electron chi connectivity index (χ0n) is 14.4. The van der Waals surface area contributed by atoms with Gasteiger partial charge in [-0.05, 0) is 60.3 Å². The summed E-state index contributed by atoms with van der Waals surface area (Å²) in [4.78, 5) is 0. The molecule has 1 N–H and O–H groups in total. The zero-order valence-corrected chi connectivity index (χ0v) is 14.4. The lowest BCUT2D eigenvalue weighted by Gasteiger charge is -2.43. The van der Waals surface area contributed by atoms with Crippen molar-refractivity contribution in [2.24, 2.45) is 5.41 Å². The predicted octanol–water partition coefficient (Wildman–Crippen LogP) is 3.26. The Labute approximate surface area is 129 Å². The third-order valence-electron chi connectivity index (χ3n) is 4.67. The Balaban J connectivity index is 2.29. The van der Waals surface area contributed by atoms with E-state index in [1.807, 2.05) is 13.8 Å². The predicted molar refractivity (Wildman–Crippen MR) is 82.1 cm³/mol. The van der Waals surface area contributed by atoms with Gasteiger partial charge in [0.25, 0.3) is 0 Å². The third kappa shape index (κ3) is 3.79.